The van der Waals surface area contributed by atoms with Crippen LogP contribution in [0.2, 0.25) is 0 Å². The first-order valence-electron chi connectivity index (χ1n) is 1.12. The zero-order valence-electron chi connectivity index (χ0n) is 2.73. The zero-order valence-corrected chi connectivity index (χ0v) is 3.73. The van der Waals surface area contributed by atoms with E-state index in [1.165, 1.54) is 0 Å². The van der Waals surface area contributed by atoms with Crippen molar-refractivity contribution in [1.29, 1.82) is 0 Å². The SMILES string of the molecule is [CH]C([CH])([CH])[PH-]. The number of rotatable bonds is 0. The molecule has 26 valence electrons. The van der Waals surface area contributed by atoms with Crippen molar-refractivity contribution in [3.05, 3.63) is 20.8 Å². The van der Waals surface area contributed by atoms with E-state index in [0.717, 1.165) is 0 Å². The van der Waals surface area contributed by atoms with Gasteiger partial charge < -0.3 is 9.24 Å². The maximum atomic E-state index is 4.82. The Balaban J connectivity index is 3.02. The second-order valence-electron chi connectivity index (χ2n) is 0.933. The predicted molar refractivity (Wildman–Crippen MR) is 23.9 cm³/mol. The Bertz CT molecular complexity index is 19.1. The van der Waals surface area contributed by atoms with E-state index in [4.69, 9.17) is 20.8 Å². The zero-order chi connectivity index (χ0) is 4.50. The summed E-state index contributed by atoms with van der Waals surface area (Å²) in [5, 5.41) is -1.19. The fourth-order valence-corrected chi connectivity index (χ4v) is 0. The lowest BCUT2D eigenvalue weighted by Crippen LogP contribution is -2.00. The summed E-state index contributed by atoms with van der Waals surface area (Å²) in [5.74, 6) is 0. The van der Waals surface area contributed by atoms with Crippen molar-refractivity contribution in [3.8, 4) is 0 Å². The standard InChI is InChI=1S/C4H4P/c1-4(2,3)5/h1-3,5H/q-1. The molecule has 0 nitrogen and oxygen atoms in total. The quantitative estimate of drug-likeness (QED) is 0.383. The van der Waals surface area contributed by atoms with E-state index < -0.39 is 5.16 Å². The van der Waals surface area contributed by atoms with E-state index in [-0.39, 0.29) is 0 Å². The highest BCUT2D eigenvalue weighted by molar-refractivity contribution is 7.19. The van der Waals surface area contributed by atoms with Crippen LogP contribution in [0.4, 0.5) is 0 Å². The highest BCUT2D eigenvalue weighted by Gasteiger charge is 1.84. The molecule has 0 heterocycles. The molecule has 5 heavy (non-hydrogen) atoms. The molecule has 0 aromatic rings. The topological polar surface area (TPSA) is 0 Å². The van der Waals surface area contributed by atoms with E-state index in [1.54, 1.807) is 0 Å². The molecule has 0 aliphatic carbocycles. The summed E-state index contributed by atoms with van der Waals surface area (Å²) in [6, 6.07) is 0. The van der Waals surface area contributed by atoms with E-state index in [1.807, 2.05) is 0 Å². The Morgan fingerprint density at radius 2 is 1.20 bits per heavy atom. The lowest BCUT2D eigenvalue weighted by molar-refractivity contribution is 1.14. The first-order valence-corrected chi connectivity index (χ1v) is 1.62. The summed E-state index contributed by atoms with van der Waals surface area (Å²) < 4.78 is 0. The monoisotopic (exact) mass is 83.0 g/mol. The molecule has 0 aromatic heterocycles. The minimum absolute atomic E-state index is 1.19. The molecule has 0 saturated heterocycles. The maximum Gasteiger partial charge on any atom is -0.0590 e. The summed E-state index contributed by atoms with van der Waals surface area (Å²) in [7, 11) is 2.75. The summed E-state index contributed by atoms with van der Waals surface area (Å²) >= 11 is 0. The maximum absolute atomic E-state index is 4.82. The lowest BCUT2D eigenvalue weighted by Gasteiger charge is -2.18. The van der Waals surface area contributed by atoms with Gasteiger partial charge in [-0.15, -0.1) is 0 Å². The first kappa shape index (κ1) is 5.43. The van der Waals surface area contributed by atoms with Crippen LogP contribution in [0.3, 0.4) is 0 Å². The van der Waals surface area contributed by atoms with Gasteiger partial charge in [-0.05, 0) is 0 Å². The van der Waals surface area contributed by atoms with Crippen LogP contribution in [-0.2, 0) is 0 Å². The molecule has 0 saturated carbocycles. The van der Waals surface area contributed by atoms with Gasteiger partial charge >= 0.3 is 0 Å². The molecule has 0 rings (SSSR count). The Morgan fingerprint density at radius 1 is 1.20 bits per heavy atom. The van der Waals surface area contributed by atoms with Gasteiger partial charge in [-0.2, -0.15) is 5.16 Å². The van der Waals surface area contributed by atoms with Crippen molar-refractivity contribution in [1.82, 2.24) is 0 Å². The molecule has 0 N–H and O–H groups in total. The molecule has 0 bridgehead atoms. The Morgan fingerprint density at radius 3 is 1.20 bits per heavy atom. The van der Waals surface area contributed by atoms with Crippen molar-refractivity contribution >= 4 is 9.24 Å². The van der Waals surface area contributed by atoms with Crippen LogP contribution in [-0.4, -0.2) is 5.16 Å². The van der Waals surface area contributed by atoms with Crippen LogP contribution in [0.25, 0.3) is 0 Å². The third kappa shape index (κ3) is 141. The van der Waals surface area contributed by atoms with Crippen LogP contribution >= 0.6 is 9.24 Å². The molecule has 0 atom stereocenters. The molecule has 0 amide bonds. The smallest absolute Gasteiger partial charge is 0.0590 e. The average molecular weight is 83.0 g/mol. The highest BCUT2D eigenvalue weighted by atomic mass is 31.0. The molecule has 0 fully saturated rings. The number of hydrogen-bond donors (Lipinski definition) is 0. The third-order valence-electron chi connectivity index (χ3n) is 0. The van der Waals surface area contributed by atoms with Gasteiger partial charge in [-0.3, -0.25) is 0 Å². The van der Waals surface area contributed by atoms with Crippen molar-refractivity contribution in [3.63, 3.8) is 0 Å². The second kappa shape index (κ2) is 1.26. The third-order valence-corrected chi connectivity index (χ3v) is 0. The van der Waals surface area contributed by atoms with Gasteiger partial charge in [-0.25, -0.2) is 0 Å². The van der Waals surface area contributed by atoms with Crippen LogP contribution in [0, 0.1) is 20.8 Å². The van der Waals surface area contributed by atoms with Gasteiger partial charge in [-0.1, -0.05) is 20.8 Å². The van der Waals surface area contributed by atoms with Crippen molar-refractivity contribution in [2.75, 3.05) is 0 Å². The fourth-order valence-electron chi connectivity index (χ4n) is 0. The summed E-state index contributed by atoms with van der Waals surface area (Å²) in [6.45, 7) is 14.5. The molecule has 0 aliphatic heterocycles. The van der Waals surface area contributed by atoms with E-state index >= 15 is 0 Å². The summed E-state index contributed by atoms with van der Waals surface area (Å²) in [6.07, 6.45) is 0. The molecule has 0 aliphatic rings. The molecule has 0 unspecified atom stereocenters. The van der Waals surface area contributed by atoms with Crippen molar-refractivity contribution in [2.45, 2.75) is 5.16 Å². The highest BCUT2D eigenvalue weighted by Crippen LogP contribution is 2.10. The lowest BCUT2D eigenvalue weighted by atomic mass is 10.3. The van der Waals surface area contributed by atoms with Gasteiger partial charge in [0.15, 0.2) is 0 Å². The van der Waals surface area contributed by atoms with Crippen LogP contribution in [0.15, 0.2) is 0 Å². The van der Waals surface area contributed by atoms with E-state index in [9.17, 15) is 0 Å². The Hall–Kier alpha value is 0.430. The van der Waals surface area contributed by atoms with Gasteiger partial charge in [0.25, 0.3) is 0 Å². The summed E-state index contributed by atoms with van der Waals surface area (Å²) in [5.41, 5.74) is 0. The first-order chi connectivity index (χ1) is 2.00. The minimum atomic E-state index is -1.19. The second-order valence-corrected chi connectivity index (χ2v) is 1.80. The van der Waals surface area contributed by atoms with Crippen LogP contribution < -0.4 is 0 Å². The molecule has 6 radical (unpaired) electrons. The summed E-state index contributed by atoms with van der Waals surface area (Å²) in [4.78, 5) is 0. The van der Waals surface area contributed by atoms with Crippen LogP contribution in [0.5, 0.6) is 0 Å². The Kier molecular flexibility index (Phi) is 1.37. The van der Waals surface area contributed by atoms with E-state index in [0.29, 0.717) is 0 Å². The van der Waals surface area contributed by atoms with Crippen LogP contribution in [0.1, 0.15) is 0 Å². The van der Waals surface area contributed by atoms with Crippen molar-refractivity contribution < 1.29 is 0 Å². The fraction of sp³-hybridized carbons (Fsp3) is 0.250. The number of hydrogen-bond acceptors (Lipinski definition) is 0. The molecule has 0 spiro atoms. The van der Waals surface area contributed by atoms with Gasteiger partial charge in [0.1, 0.15) is 0 Å². The van der Waals surface area contributed by atoms with Gasteiger partial charge in [0, 0.05) is 0 Å². The van der Waals surface area contributed by atoms with Gasteiger partial charge in [0.05, 0.1) is 0 Å². The Labute approximate surface area is 36.2 Å². The average Bonchev–Trinajstić information content (AvgIpc) is 0.722. The minimum Gasteiger partial charge on any atom is -0.551 e. The molecular weight excluding hydrogens is 79.0 g/mol. The molecule has 0 aromatic carbocycles. The van der Waals surface area contributed by atoms with Crippen molar-refractivity contribution in [2.24, 2.45) is 0 Å². The normalized spacial score (nSPS) is 12.0. The molecule has 1 heteroatoms. The largest absolute Gasteiger partial charge is 0.551 e. The molecular formula is C4H4P-. The van der Waals surface area contributed by atoms with E-state index in [2.05, 4.69) is 9.24 Å². The predicted octanol–water partition coefficient (Wildman–Crippen LogP) is 1.00. The van der Waals surface area contributed by atoms with Gasteiger partial charge in [0.2, 0.25) is 0 Å².